The summed E-state index contributed by atoms with van der Waals surface area (Å²) >= 11 is 7.22. The summed E-state index contributed by atoms with van der Waals surface area (Å²) in [4.78, 5) is 23.7. The van der Waals surface area contributed by atoms with Crippen LogP contribution in [0.1, 0.15) is 18.5 Å². The van der Waals surface area contributed by atoms with Crippen molar-refractivity contribution in [1.82, 2.24) is 15.0 Å². The van der Waals surface area contributed by atoms with Gasteiger partial charge in [0.2, 0.25) is 11.0 Å². The minimum atomic E-state index is -0.837. The van der Waals surface area contributed by atoms with E-state index in [9.17, 15) is 9.18 Å². The zero-order valence-electron chi connectivity index (χ0n) is 14.8. The van der Waals surface area contributed by atoms with Crippen molar-refractivity contribution < 1.29 is 18.7 Å². The Balaban J connectivity index is 1.71. The maximum Gasteiger partial charge on any atom is 0.514 e. The lowest BCUT2D eigenvalue weighted by atomic mass is 10.1. The fourth-order valence-corrected chi connectivity index (χ4v) is 2.94. The molecule has 0 amide bonds. The van der Waals surface area contributed by atoms with Gasteiger partial charge in [-0.25, -0.2) is 19.2 Å². The van der Waals surface area contributed by atoms with Gasteiger partial charge in [0, 0.05) is 0 Å². The molecule has 0 radical (unpaired) electrons. The number of hydrogen-bond donors (Lipinski definition) is 2. The molecule has 28 heavy (non-hydrogen) atoms. The number of carbonyl (C=O) groups excluding carboxylic acids is 1. The van der Waals surface area contributed by atoms with Crippen LogP contribution in [-0.4, -0.2) is 28.2 Å². The van der Waals surface area contributed by atoms with Crippen LogP contribution in [-0.2, 0) is 4.74 Å². The maximum atomic E-state index is 13.1. The Kier molecular flexibility index (Phi) is 6.22. The van der Waals surface area contributed by atoms with Crippen molar-refractivity contribution in [2.45, 2.75) is 13.0 Å². The molecule has 1 aromatic carbocycles. The number of carbonyl (C=O) groups is 1. The molecule has 1 atom stereocenters. The molecule has 0 saturated heterocycles. The zero-order valence-corrected chi connectivity index (χ0v) is 16.3. The van der Waals surface area contributed by atoms with Gasteiger partial charge in [-0.3, -0.25) is 0 Å². The molecule has 146 valence electrons. The summed E-state index contributed by atoms with van der Waals surface area (Å²) in [6.07, 6.45) is 1.97. The van der Waals surface area contributed by atoms with Gasteiger partial charge in [-0.15, -0.1) is 0 Å². The van der Waals surface area contributed by atoms with E-state index in [4.69, 9.17) is 16.3 Å². The molecule has 0 spiro atoms. The third-order valence-electron chi connectivity index (χ3n) is 3.52. The van der Waals surface area contributed by atoms with Crippen LogP contribution in [0.15, 0.2) is 36.7 Å². The number of nitrogens with zero attached hydrogens (tertiary/aromatic N) is 3. The molecule has 2 heterocycles. The number of nitrogens with one attached hydrogen (secondary N) is 2. The van der Waals surface area contributed by atoms with Crippen LogP contribution in [0.4, 0.5) is 26.1 Å². The molecule has 2 aromatic heterocycles. The lowest BCUT2D eigenvalue weighted by Gasteiger charge is -2.15. The van der Waals surface area contributed by atoms with Crippen LogP contribution in [0.25, 0.3) is 0 Å². The van der Waals surface area contributed by atoms with Crippen molar-refractivity contribution in [2.75, 3.05) is 17.7 Å². The van der Waals surface area contributed by atoms with Gasteiger partial charge in [0.1, 0.15) is 10.8 Å². The standard InChI is InChI=1S/C17H15ClFN5O3S/c1-9(10-3-5-11(19)6-4-10)22-15-20-7-12(18)14(23-15)24-16-21-8-13(28-16)27-17(25)26-2/h3-9H,1-2H3,(H2,20,21,22,23,24)/t9-/m0/s1. The fourth-order valence-electron chi connectivity index (χ4n) is 2.14. The second kappa shape index (κ2) is 8.81. The third-order valence-corrected chi connectivity index (χ3v) is 4.59. The molecule has 2 N–H and O–H groups in total. The highest BCUT2D eigenvalue weighted by Gasteiger charge is 2.13. The van der Waals surface area contributed by atoms with E-state index >= 15 is 0 Å². The number of halogens is 2. The van der Waals surface area contributed by atoms with Crippen molar-refractivity contribution in [1.29, 1.82) is 0 Å². The number of rotatable bonds is 6. The van der Waals surface area contributed by atoms with Crippen molar-refractivity contribution in [3.05, 3.63) is 53.1 Å². The van der Waals surface area contributed by atoms with Gasteiger partial charge in [-0.2, -0.15) is 4.98 Å². The third kappa shape index (κ3) is 5.05. The Bertz CT molecular complexity index is 970. The van der Waals surface area contributed by atoms with E-state index in [2.05, 4.69) is 30.3 Å². The predicted molar refractivity (Wildman–Crippen MR) is 104 cm³/mol. The molecule has 0 fully saturated rings. The van der Waals surface area contributed by atoms with E-state index in [0.29, 0.717) is 16.9 Å². The minimum Gasteiger partial charge on any atom is -0.437 e. The molecule has 8 nitrogen and oxygen atoms in total. The first-order valence-electron chi connectivity index (χ1n) is 7.98. The van der Waals surface area contributed by atoms with Gasteiger partial charge in [0.15, 0.2) is 10.9 Å². The number of benzene rings is 1. The molecule has 3 rings (SSSR count). The Hall–Kier alpha value is -2.98. The second-order valence-corrected chi connectivity index (χ2v) is 6.87. The van der Waals surface area contributed by atoms with Crippen molar-refractivity contribution in [2.24, 2.45) is 0 Å². The van der Waals surface area contributed by atoms with E-state index in [1.807, 2.05) is 6.92 Å². The molecule has 0 aliphatic rings. The zero-order chi connectivity index (χ0) is 20.1. The van der Waals surface area contributed by atoms with Gasteiger partial charge in [0.25, 0.3) is 0 Å². The van der Waals surface area contributed by atoms with E-state index in [1.54, 1.807) is 12.1 Å². The monoisotopic (exact) mass is 423 g/mol. The Morgan fingerprint density at radius 1 is 1.25 bits per heavy atom. The predicted octanol–water partition coefficient (Wildman–Crippen LogP) is 4.79. The maximum absolute atomic E-state index is 13.1. The minimum absolute atomic E-state index is 0.158. The van der Waals surface area contributed by atoms with Gasteiger partial charge < -0.3 is 20.1 Å². The summed E-state index contributed by atoms with van der Waals surface area (Å²) in [5.74, 6) is 0.347. The highest BCUT2D eigenvalue weighted by molar-refractivity contribution is 7.17. The van der Waals surface area contributed by atoms with Crippen LogP contribution in [0.2, 0.25) is 5.02 Å². The lowest BCUT2D eigenvalue weighted by molar-refractivity contribution is 0.122. The van der Waals surface area contributed by atoms with E-state index in [-0.39, 0.29) is 21.9 Å². The second-order valence-electron chi connectivity index (χ2n) is 5.47. The number of hydrogen-bond acceptors (Lipinski definition) is 9. The molecule has 0 aliphatic heterocycles. The van der Waals surface area contributed by atoms with Crippen molar-refractivity contribution in [3.8, 4) is 5.06 Å². The number of aromatic nitrogens is 3. The van der Waals surface area contributed by atoms with Gasteiger partial charge in [-0.05, 0) is 24.6 Å². The number of methoxy groups -OCH3 is 1. The van der Waals surface area contributed by atoms with Crippen LogP contribution in [0.5, 0.6) is 5.06 Å². The van der Waals surface area contributed by atoms with Gasteiger partial charge >= 0.3 is 6.16 Å². The summed E-state index contributed by atoms with van der Waals surface area (Å²) in [6.45, 7) is 1.90. The summed E-state index contributed by atoms with van der Waals surface area (Å²) in [5, 5.41) is 7.02. The van der Waals surface area contributed by atoms with E-state index in [0.717, 1.165) is 16.9 Å². The average Bonchev–Trinajstić information content (AvgIpc) is 3.11. The van der Waals surface area contributed by atoms with Crippen LogP contribution < -0.4 is 15.4 Å². The molecule has 3 aromatic rings. The SMILES string of the molecule is COC(=O)Oc1cnc(Nc2nc(N[C@@H](C)c3ccc(F)cc3)ncc2Cl)s1. The number of ether oxygens (including phenoxy) is 2. The van der Waals surface area contributed by atoms with Crippen LogP contribution >= 0.6 is 22.9 Å². The smallest absolute Gasteiger partial charge is 0.437 e. The number of thiazole rings is 1. The van der Waals surface area contributed by atoms with Crippen molar-refractivity contribution >= 4 is 46.0 Å². The average molecular weight is 424 g/mol. The lowest BCUT2D eigenvalue weighted by Crippen LogP contribution is -2.10. The summed E-state index contributed by atoms with van der Waals surface area (Å²) < 4.78 is 22.4. The molecule has 0 aliphatic carbocycles. The first-order chi connectivity index (χ1) is 13.4. The normalized spacial score (nSPS) is 11.6. The van der Waals surface area contributed by atoms with Crippen LogP contribution in [0, 0.1) is 5.82 Å². The molecule has 11 heteroatoms. The highest BCUT2D eigenvalue weighted by atomic mass is 35.5. The van der Waals surface area contributed by atoms with E-state index < -0.39 is 6.16 Å². The van der Waals surface area contributed by atoms with Crippen molar-refractivity contribution in [3.63, 3.8) is 0 Å². The largest absolute Gasteiger partial charge is 0.514 e. The summed E-state index contributed by atoms with van der Waals surface area (Å²) in [6, 6.07) is 5.98. The first kappa shape index (κ1) is 19.8. The molecular weight excluding hydrogens is 409 g/mol. The molecular formula is C17H15ClFN5O3S. The van der Waals surface area contributed by atoms with Crippen LogP contribution in [0.3, 0.4) is 0 Å². The quantitative estimate of drug-likeness (QED) is 0.546. The molecule has 0 unspecified atom stereocenters. The molecule has 0 bridgehead atoms. The Morgan fingerprint density at radius 3 is 2.71 bits per heavy atom. The Labute approximate surface area is 168 Å². The number of anilines is 3. The fraction of sp³-hybridized carbons (Fsp3) is 0.176. The topological polar surface area (TPSA) is 98.3 Å². The summed E-state index contributed by atoms with van der Waals surface area (Å²) in [5.41, 5.74) is 0.874. The van der Waals surface area contributed by atoms with E-state index in [1.165, 1.54) is 31.6 Å². The highest BCUT2D eigenvalue weighted by Crippen LogP contribution is 2.31. The first-order valence-corrected chi connectivity index (χ1v) is 9.17. The molecule has 0 saturated carbocycles. The Morgan fingerprint density at radius 2 is 2.00 bits per heavy atom. The van der Waals surface area contributed by atoms with Gasteiger partial charge in [-0.1, -0.05) is 35.1 Å². The summed E-state index contributed by atoms with van der Waals surface area (Å²) in [7, 11) is 1.21. The van der Waals surface area contributed by atoms with Gasteiger partial charge in [0.05, 0.1) is 25.5 Å².